The van der Waals surface area contributed by atoms with Crippen molar-refractivity contribution in [1.29, 1.82) is 0 Å². The summed E-state index contributed by atoms with van der Waals surface area (Å²) in [5.74, 6) is -0.850. The molecule has 19 heavy (non-hydrogen) atoms. The molecule has 0 aliphatic heterocycles. The Hall–Kier alpha value is -1.30. The van der Waals surface area contributed by atoms with Gasteiger partial charge in [-0.05, 0) is 19.3 Å². The lowest BCUT2D eigenvalue weighted by Gasteiger charge is -2.37. The van der Waals surface area contributed by atoms with Crippen LogP contribution in [0.1, 0.15) is 38.5 Å². The fraction of sp³-hybridized carbons (Fsp3) is 0.846. The lowest BCUT2D eigenvalue weighted by Crippen LogP contribution is -2.50. The highest BCUT2D eigenvalue weighted by atomic mass is 16.4. The number of aliphatic hydroxyl groups is 1. The van der Waals surface area contributed by atoms with Crippen molar-refractivity contribution < 1.29 is 19.8 Å². The van der Waals surface area contributed by atoms with Crippen LogP contribution in [0.2, 0.25) is 0 Å². The van der Waals surface area contributed by atoms with E-state index in [-0.39, 0.29) is 18.5 Å². The standard InChI is InChI=1S/C13H24N2O4/c1-14(9-5-8-12(17)18)13(19)15(2)10-6-3-4-7-11(10)16/h10-11,16H,3-9H2,1-2H3,(H,17,18). The van der Waals surface area contributed by atoms with Gasteiger partial charge in [-0.25, -0.2) is 4.79 Å². The number of carboxylic acid groups (broad SMARTS) is 1. The second kappa shape index (κ2) is 7.33. The molecule has 0 spiro atoms. The molecule has 0 saturated heterocycles. The minimum Gasteiger partial charge on any atom is -0.481 e. The molecule has 0 aromatic heterocycles. The summed E-state index contributed by atoms with van der Waals surface area (Å²) in [7, 11) is 3.37. The van der Waals surface area contributed by atoms with Crippen LogP contribution in [-0.2, 0) is 4.79 Å². The van der Waals surface area contributed by atoms with E-state index < -0.39 is 12.1 Å². The molecule has 2 amide bonds. The largest absolute Gasteiger partial charge is 0.481 e. The van der Waals surface area contributed by atoms with Crippen LogP contribution >= 0.6 is 0 Å². The van der Waals surface area contributed by atoms with Crippen molar-refractivity contribution in [2.24, 2.45) is 0 Å². The molecule has 0 aromatic rings. The second-order valence-electron chi connectivity index (χ2n) is 5.23. The molecule has 2 unspecified atom stereocenters. The monoisotopic (exact) mass is 272 g/mol. The van der Waals surface area contributed by atoms with E-state index in [1.54, 1.807) is 19.0 Å². The Balaban J connectivity index is 2.43. The molecule has 1 saturated carbocycles. The van der Waals surface area contributed by atoms with Crippen LogP contribution < -0.4 is 0 Å². The lowest BCUT2D eigenvalue weighted by molar-refractivity contribution is -0.137. The molecular formula is C13H24N2O4. The molecule has 0 aromatic carbocycles. The number of hydrogen-bond acceptors (Lipinski definition) is 3. The van der Waals surface area contributed by atoms with Crippen LogP contribution in [-0.4, -0.2) is 64.8 Å². The average Bonchev–Trinajstić information content (AvgIpc) is 2.37. The molecular weight excluding hydrogens is 248 g/mol. The maximum Gasteiger partial charge on any atom is 0.319 e. The van der Waals surface area contributed by atoms with E-state index in [0.717, 1.165) is 25.7 Å². The molecule has 6 heteroatoms. The minimum absolute atomic E-state index is 0.0629. The number of rotatable bonds is 5. The van der Waals surface area contributed by atoms with Crippen LogP contribution in [0.25, 0.3) is 0 Å². The normalized spacial score (nSPS) is 22.9. The average molecular weight is 272 g/mol. The number of aliphatic carboxylic acids is 1. The first-order chi connectivity index (χ1) is 8.93. The second-order valence-corrected chi connectivity index (χ2v) is 5.23. The van der Waals surface area contributed by atoms with E-state index in [4.69, 9.17) is 5.11 Å². The number of carboxylic acids is 1. The number of nitrogens with zero attached hydrogens (tertiary/aromatic N) is 2. The van der Waals surface area contributed by atoms with Gasteiger partial charge in [-0.1, -0.05) is 12.8 Å². The highest BCUT2D eigenvalue weighted by molar-refractivity contribution is 5.74. The van der Waals surface area contributed by atoms with Crippen LogP contribution in [0.3, 0.4) is 0 Å². The summed E-state index contributed by atoms with van der Waals surface area (Å²) >= 11 is 0. The molecule has 6 nitrogen and oxygen atoms in total. The van der Waals surface area contributed by atoms with Gasteiger partial charge in [0.25, 0.3) is 0 Å². The van der Waals surface area contributed by atoms with Gasteiger partial charge in [-0.15, -0.1) is 0 Å². The van der Waals surface area contributed by atoms with Gasteiger partial charge in [-0.2, -0.15) is 0 Å². The number of urea groups is 1. The highest BCUT2D eigenvalue weighted by Gasteiger charge is 2.30. The van der Waals surface area contributed by atoms with E-state index in [1.165, 1.54) is 4.90 Å². The summed E-state index contributed by atoms with van der Waals surface area (Å²) in [6, 6.07) is -0.278. The number of likely N-dealkylation sites (N-methyl/N-ethyl adjacent to an activating group) is 1. The third kappa shape index (κ3) is 4.70. The number of carbonyl (C=O) groups is 2. The fourth-order valence-electron chi connectivity index (χ4n) is 2.52. The van der Waals surface area contributed by atoms with Gasteiger partial charge in [0.1, 0.15) is 0 Å². The molecule has 0 radical (unpaired) electrons. The Morgan fingerprint density at radius 2 is 1.84 bits per heavy atom. The van der Waals surface area contributed by atoms with E-state index in [1.807, 2.05) is 0 Å². The number of carbonyl (C=O) groups excluding carboxylic acids is 1. The molecule has 0 bridgehead atoms. The summed E-state index contributed by atoms with van der Waals surface area (Å²) in [6.45, 7) is 0.415. The predicted molar refractivity (Wildman–Crippen MR) is 70.9 cm³/mol. The smallest absolute Gasteiger partial charge is 0.319 e. The van der Waals surface area contributed by atoms with Crippen molar-refractivity contribution in [1.82, 2.24) is 9.80 Å². The zero-order valence-corrected chi connectivity index (χ0v) is 11.7. The van der Waals surface area contributed by atoms with Gasteiger partial charge in [0.2, 0.25) is 0 Å². The zero-order chi connectivity index (χ0) is 14.4. The first kappa shape index (κ1) is 15.8. The van der Waals surface area contributed by atoms with E-state index >= 15 is 0 Å². The van der Waals surface area contributed by atoms with Crippen molar-refractivity contribution in [3.8, 4) is 0 Å². The molecule has 2 atom stereocenters. The molecule has 1 fully saturated rings. The fourth-order valence-corrected chi connectivity index (χ4v) is 2.52. The van der Waals surface area contributed by atoms with Crippen LogP contribution in [0.15, 0.2) is 0 Å². The van der Waals surface area contributed by atoms with Crippen molar-refractivity contribution >= 4 is 12.0 Å². The summed E-state index contributed by atoms with van der Waals surface area (Å²) in [5, 5.41) is 18.5. The Kier molecular flexibility index (Phi) is 6.08. The number of hydrogen-bond donors (Lipinski definition) is 2. The van der Waals surface area contributed by atoms with Crippen LogP contribution in [0.5, 0.6) is 0 Å². The van der Waals surface area contributed by atoms with Crippen molar-refractivity contribution in [3.63, 3.8) is 0 Å². The molecule has 2 N–H and O–H groups in total. The third-order valence-electron chi connectivity index (χ3n) is 3.70. The lowest BCUT2D eigenvalue weighted by atomic mass is 9.92. The highest BCUT2D eigenvalue weighted by Crippen LogP contribution is 2.23. The van der Waals surface area contributed by atoms with Crippen molar-refractivity contribution in [2.45, 2.75) is 50.7 Å². The molecule has 1 aliphatic carbocycles. The van der Waals surface area contributed by atoms with Crippen molar-refractivity contribution in [3.05, 3.63) is 0 Å². The zero-order valence-electron chi connectivity index (χ0n) is 11.7. The Bertz CT molecular complexity index is 322. The number of amides is 2. The predicted octanol–water partition coefficient (Wildman–Crippen LogP) is 1.14. The summed E-state index contributed by atoms with van der Waals surface area (Å²) in [4.78, 5) is 25.7. The molecule has 110 valence electrons. The molecule has 0 heterocycles. The van der Waals surface area contributed by atoms with Crippen LogP contribution in [0, 0.1) is 0 Å². The maximum atomic E-state index is 12.2. The topological polar surface area (TPSA) is 81.1 Å². The summed E-state index contributed by atoms with van der Waals surface area (Å²) in [6.07, 6.45) is 3.66. The molecule has 1 aliphatic rings. The van der Waals surface area contributed by atoms with E-state index in [0.29, 0.717) is 13.0 Å². The van der Waals surface area contributed by atoms with E-state index in [2.05, 4.69) is 0 Å². The third-order valence-corrected chi connectivity index (χ3v) is 3.70. The molecule has 1 rings (SSSR count). The van der Waals surface area contributed by atoms with Gasteiger partial charge in [0, 0.05) is 27.1 Å². The van der Waals surface area contributed by atoms with E-state index in [9.17, 15) is 14.7 Å². The quantitative estimate of drug-likeness (QED) is 0.786. The SMILES string of the molecule is CN(CCCC(=O)O)C(=O)N(C)C1CCCCC1O. The number of aliphatic hydroxyl groups excluding tert-OH is 1. The summed E-state index contributed by atoms with van der Waals surface area (Å²) in [5.41, 5.74) is 0. The minimum atomic E-state index is -0.850. The van der Waals surface area contributed by atoms with Crippen LogP contribution in [0.4, 0.5) is 4.79 Å². The Morgan fingerprint density at radius 1 is 1.21 bits per heavy atom. The van der Waals surface area contributed by atoms with Gasteiger partial charge in [0.05, 0.1) is 12.1 Å². The Labute approximate surface area is 114 Å². The summed E-state index contributed by atoms with van der Waals surface area (Å²) < 4.78 is 0. The first-order valence-corrected chi connectivity index (χ1v) is 6.81. The maximum absolute atomic E-state index is 12.2. The van der Waals surface area contributed by atoms with Gasteiger partial charge in [-0.3, -0.25) is 4.79 Å². The van der Waals surface area contributed by atoms with Crippen molar-refractivity contribution in [2.75, 3.05) is 20.6 Å². The Morgan fingerprint density at radius 3 is 2.42 bits per heavy atom. The van der Waals surface area contributed by atoms with Gasteiger partial charge >= 0.3 is 12.0 Å². The van der Waals surface area contributed by atoms with Gasteiger partial charge < -0.3 is 20.0 Å². The first-order valence-electron chi connectivity index (χ1n) is 6.81. The van der Waals surface area contributed by atoms with Gasteiger partial charge in [0.15, 0.2) is 0 Å².